The Balaban J connectivity index is 1.39. The van der Waals surface area contributed by atoms with Gasteiger partial charge in [0.2, 0.25) is 11.7 Å². The molecule has 3 saturated carbocycles. The van der Waals surface area contributed by atoms with Crippen molar-refractivity contribution in [2.75, 3.05) is 6.54 Å². The molecule has 4 atom stereocenters. The molecule has 1 unspecified atom stereocenters. The van der Waals surface area contributed by atoms with Crippen LogP contribution in [-0.4, -0.2) is 45.9 Å². The summed E-state index contributed by atoms with van der Waals surface area (Å²) in [6, 6.07) is -0.566. The second-order valence-corrected chi connectivity index (χ2v) is 13.9. The zero-order valence-corrected chi connectivity index (χ0v) is 23.4. The summed E-state index contributed by atoms with van der Waals surface area (Å²) in [5.74, 6) is -1.26. The first kappa shape index (κ1) is 27.1. The average Bonchev–Trinajstić information content (AvgIpc) is 3.03. The molecule has 4 aliphatic rings. The van der Waals surface area contributed by atoms with Crippen molar-refractivity contribution in [2.24, 2.45) is 39.7 Å². The van der Waals surface area contributed by atoms with Gasteiger partial charge in [-0.15, -0.1) is 0 Å². The summed E-state index contributed by atoms with van der Waals surface area (Å²) >= 11 is 0. The molecule has 1 aliphatic heterocycles. The fourth-order valence-corrected chi connectivity index (χ4v) is 7.56. The van der Waals surface area contributed by atoms with Crippen molar-refractivity contribution in [1.82, 2.24) is 9.88 Å². The molecular formula is C30H43N3O5. The summed E-state index contributed by atoms with van der Waals surface area (Å²) in [5.41, 5.74) is 5.28. The minimum atomic E-state index is -0.970. The van der Waals surface area contributed by atoms with E-state index >= 15 is 0 Å². The van der Waals surface area contributed by atoms with Crippen LogP contribution in [0.1, 0.15) is 96.6 Å². The number of ketones is 2. The van der Waals surface area contributed by atoms with Crippen molar-refractivity contribution < 1.29 is 23.6 Å². The van der Waals surface area contributed by atoms with Gasteiger partial charge in [0.1, 0.15) is 5.76 Å². The monoisotopic (exact) mass is 525 g/mol. The summed E-state index contributed by atoms with van der Waals surface area (Å²) in [4.78, 5) is 58.9. The van der Waals surface area contributed by atoms with Crippen LogP contribution in [0.5, 0.6) is 0 Å². The normalized spacial score (nSPS) is 27.6. The number of carbonyl (C=O) groups is 4. The van der Waals surface area contributed by atoms with Gasteiger partial charge in [0.15, 0.2) is 11.7 Å². The third-order valence-corrected chi connectivity index (χ3v) is 10.4. The molecule has 2 amide bonds. The Morgan fingerprint density at radius 1 is 1.16 bits per heavy atom. The smallest absolute Gasteiger partial charge is 0.285 e. The Morgan fingerprint density at radius 3 is 2.34 bits per heavy atom. The SMILES string of the molecule is Cc1cnc(C[C@H](C(=O)N2C[C@]3(C[C@H]2C(=O)CC(CC2CCC2)C(=O)C(N)=O)CC32CCC2)C(C)(C)C)o1. The van der Waals surface area contributed by atoms with Crippen LogP contribution in [0.2, 0.25) is 0 Å². The number of carbonyl (C=O) groups excluding carboxylic acids is 4. The first-order valence-corrected chi connectivity index (χ1v) is 14.4. The van der Waals surface area contributed by atoms with Crippen LogP contribution in [0.4, 0.5) is 0 Å². The van der Waals surface area contributed by atoms with Crippen molar-refractivity contribution in [3.63, 3.8) is 0 Å². The van der Waals surface area contributed by atoms with E-state index in [1.165, 1.54) is 19.3 Å². The molecule has 4 fully saturated rings. The third-order valence-electron chi connectivity index (χ3n) is 10.4. The topological polar surface area (TPSA) is 124 Å². The zero-order valence-electron chi connectivity index (χ0n) is 23.4. The molecule has 0 bridgehead atoms. The maximum atomic E-state index is 14.3. The number of Topliss-reactive ketones (excluding diaryl/α,β-unsaturated/α-hetero) is 2. The van der Waals surface area contributed by atoms with E-state index in [4.69, 9.17) is 10.2 Å². The first-order valence-electron chi connectivity index (χ1n) is 14.4. The fourth-order valence-electron chi connectivity index (χ4n) is 7.56. The number of aryl methyl sites for hydroxylation is 1. The van der Waals surface area contributed by atoms with Gasteiger partial charge in [-0.3, -0.25) is 19.2 Å². The Morgan fingerprint density at radius 2 is 1.87 bits per heavy atom. The maximum Gasteiger partial charge on any atom is 0.285 e. The molecule has 5 rings (SSSR count). The number of fused-ring (bicyclic) bond motifs is 1. The van der Waals surface area contributed by atoms with Crippen molar-refractivity contribution in [3.8, 4) is 0 Å². The van der Waals surface area contributed by atoms with E-state index in [1.54, 1.807) is 6.20 Å². The molecule has 0 radical (unpaired) electrons. The number of hydrogen-bond acceptors (Lipinski definition) is 6. The second kappa shape index (κ2) is 9.60. The standard InChI is InChI=1S/C30H43N3O5/c1-18-15-32-24(38-18)13-21(28(2,3)4)27(37)33-17-30(16-29(30)9-6-10-29)14-22(33)23(34)12-20(25(35)26(31)36)11-19-7-5-8-19/h15,19-22H,5-14,16-17H2,1-4H3,(H2,31,36)/t20?,21-,22+,30+/m1/s1. The second-order valence-electron chi connectivity index (χ2n) is 13.9. The van der Waals surface area contributed by atoms with Gasteiger partial charge in [0.05, 0.1) is 18.2 Å². The number of aromatic nitrogens is 1. The molecule has 8 nitrogen and oxygen atoms in total. The van der Waals surface area contributed by atoms with Crippen molar-refractivity contribution >= 4 is 23.4 Å². The van der Waals surface area contributed by atoms with Crippen LogP contribution in [-0.2, 0) is 25.6 Å². The van der Waals surface area contributed by atoms with E-state index in [1.807, 2.05) is 32.6 Å². The maximum absolute atomic E-state index is 14.3. The van der Waals surface area contributed by atoms with E-state index in [2.05, 4.69) is 4.98 Å². The minimum absolute atomic E-state index is 0.000353. The van der Waals surface area contributed by atoms with E-state index < -0.39 is 29.6 Å². The van der Waals surface area contributed by atoms with E-state index in [0.29, 0.717) is 43.4 Å². The van der Waals surface area contributed by atoms with Crippen molar-refractivity contribution in [1.29, 1.82) is 0 Å². The van der Waals surface area contributed by atoms with Gasteiger partial charge < -0.3 is 15.1 Å². The lowest BCUT2D eigenvalue weighted by atomic mass is 9.73. The predicted octanol–water partition coefficient (Wildman–Crippen LogP) is 4.17. The van der Waals surface area contributed by atoms with Crippen LogP contribution < -0.4 is 5.73 Å². The average molecular weight is 526 g/mol. The molecule has 2 N–H and O–H groups in total. The van der Waals surface area contributed by atoms with E-state index in [9.17, 15) is 19.2 Å². The van der Waals surface area contributed by atoms with Crippen LogP contribution in [0, 0.1) is 40.9 Å². The van der Waals surface area contributed by atoms with Crippen LogP contribution in [0.25, 0.3) is 0 Å². The molecule has 8 heteroatoms. The summed E-state index contributed by atoms with van der Waals surface area (Å²) in [6.07, 6.45) is 11.0. The quantitative estimate of drug-likeness (QED) is 0.457. The van der Waals surface area contributed by atoms with E-state index in [0.717, 1.165) is 25.7 Å². The van der Waals surface area contributed by atoms with Gasteiger partial charge >= 0.3 is 0 Å². The highest BCUT2D eigenvalue weighted by Crippen LogP contribution is 2.77. The molecule has 0 aromatic carbocycles. The molecule has 38 heavy (non-hydrogen) atoms. The summed E-state index contributed by atoms with van der Waals surface area (Å²) in [6.45, 7) is 8.55. The lowest BCUT2D eigenvalue weighted by molar-refractivity contribution is -0.145. The molecule has 208 valence electrons. The van der Waals surface area contributed by atoms with Gasteiger partial charge in [0.25, 0.3) is 5.91 Å². The summed E-state index contributed by atoms with van der Waals surface area (Å²) < 4.78 is 5.73. The third kappa shape index (κ3) is 4.84. The molecular weight excluding hydrogens is 482 g/mol. The van der Waals surface area contributed by atoms with E-state index in [-0.39, 0.29) is 34.4 Å². The highest BCUT2D eigenvalue weighted by Gasteiger charge is 2.73. The highest BCUT2D eigenvalue weighted by atomic mass is 16.4. The fraction of sp³-hybridized carbons (Fsp3) is 0.767. The number of hydrogen-bond donors (Lipinski definition) is 1. The van der Waals surface area contributed by atoms with Crippen molar-refractivity contribution in [2.45, 2.75) is 104 Å². The van der Waals surface area contributed by atoms with Gasteiger partial charge in [-0.25, -0.2) is 4.98 Å². The Kier molecular flexibility index (Phi) is 6.84. The predicted molar refractivity (Wildman–Crippen MR) is 141 cm³/mol. The summed E-state index contributed by atoms with van der Waals surface area (Å²) in [7, 11) is 0. The van der Waals surface area contributed by atoms with Crippen LogP contribution in [0.3, 0.4) is 0 Å². The highest BCUT2D eigenvalue weighted by molar-refractivity contribution is 6.36. The number of oxazole rings is 1. The number of rotatable bonds is 10. The van der Waals surface area contributed by atoms with Crippen molar-refractivity contribution in [3.05, 3.63) is 17.8 Å². The molecule has 2 spiro atoms. The number of nitrogens with zero attached hydrogens (tertiary/aromatic N) is 2. The lowest BCUT2D eigenvalue weighted by Gasteiger charge is -2.35. The Labute approximate surface area is 225 Å². The zero-order chi connectivity index (χ0) is 27.5. The Hall–Kier alpha value is -2.51. The molecule has 1 saturated heterocycles. The first-order chi connectivity index (χ1) is 17.8. The number of primary amides is 1. The lowest BCUT2D eigenvalue weighted by Crippen LogP contribution is -2.48. The largest absolute Gasteiger partial charge is 0.446 e. The van der Waals surface area contributed by atoms with Gasteiger partial charge in [-0.1, -0.05) is 46.5 Å². The van der Waals surface area contributed by atoms with Gasteiger partial charge in [0, 0.05) is 25.3 Å². The van der Waals surface area contributed by atoms with Crippen LogP contribution in [0.15, 0.2) is 10.6 Å². The number of amides is 2. The van der Waals surface area contributed by atoms with Crippen LogP contribution >= 0.6 is 0 Å². The molecule has 1 aromatic heterocycles. The Bertz CT molecular complexity index is 1130. The summed E-state index contributed by atoms with van der Waals surface area (Å²) in [5, 5.41) is 0. The molecule has 2 heterocycles. The minimum Gasteiger partial charge on any atom is -0.446 e. The molecule has 1 aromatic rings. The molecule has 3 aliphatic carbocycles. The number of nitrogens with two attached hydrogens (primary N) is 1. The number of likely N-dealkylation sites (tertiary alicyclic amines) is 1. The van der Waals surface area contributed by atoms with Gasteiger partial charge in [-0.2, -0.15) is 0 Å². The van der Waals surface area contributed by atoms with Gasteiger partial charge in [-0.05, 0) is 61.2 Å².